The molecule has 0 aliphatic carbocycles. The Morgan fingerprint density at radius 2 is 1.66 bits per heavy atom. The van der Waals surface area contributed by atoms with E-state index in [2.05, 4.69) is 0 Å². The van der Waals surface area contributed by atoms with Crippen molar-refractivity contribution in [2.45, 2.75) is 4.90 Å². The molecule has 3 rings (SSSR count). The van der Waals surface area contributed by atoms with Gasteiger partial charge in [-0.05, 0) is 24.3 Å². The molecular weight excluding hydrogens is 418 g/mol. The molecule has 1 amide bonds. The number of nitro groups is 1. The molecule has 1 heterocycles. The van der Waals surface area contributed by atoms with Crippen molar-refractivity contribution in [3.8, 4) is 0 Å². The molecule has 0 aromatic heterocycles. The van der Waals surface area contributed by atoms with E-state index in [1.807, 2.05) is 0 Å². The molecule has 8 nitrogen and oxygen atoms in total. The normalized spacial score (nSPS) is 15.6. The molecule has 1 aliphatic rings. The maximum atomic E-state index is 12.8. The average Bonchev–Trinajstić information content (AvgIpc) is 2.72. The molecule has 0 spiro atoms. The van der Waals surface area contributed by atoms with Gasteiger partial charge >= 0.3 is 0 Å². The van der Waals surface area contributed by atoms with Crippen LogP contribution in [0.5, 0.6) is 0 Å². The molecule has 0 unspecified atom stereocenters. The Hall–Kier alpha value is -2.75. The molecular formula is C19H18ClN3O5S. The van der Waals surface area contributed by atoms with Gasteiger partial charge in [-0.15, -0.1) is 0 Å². The summed E-state index contributed by atoms with van der Waals surface area (Å²) in [5.74, 6) is -0.335. The summed E-state index contributed by atoms with van der Waals surface area (Å²) in [6.45, 7) is 0.699. The number of nitro benzene ring substituents is 1. The summed E-state index contributed by atoms with van der Waals surface area (Å²) in [7, 11) is -3.74. The number of nitrogens with zero attached hydrogens (tertiary/aromatic N) is 3. The number of rotatable bonds is 5. The van der Waals surface area contributed by atoms with Crippen LogP contribution < -0.4 is 0 Å². The highest BCUT2D eigenvalue weighted by Gasteiger charge is 2.30. The Bertz CT molecular complexity index is 1060. The van der Waals surface area contributed by atoms with E-state index in [-0.39, 0.29) is 47.7 Å². The second-order valence-electron chi connectivity index (χ2n) is 6.31. The van der Waals surface area contributed by atoms with Gasteiger partial charge in [0.15, 0.2) is 0 Å². The number of carbonyl (C=O) groups excluding carboxylic acids is 1. The van der Waals surface area contributed by atoms with Crippen molar-refractivity contribution in [2.75, 3.05) is 26.2 Å². The van der Waals surface area contributed by atoms with Gasteiger partial charge in [0.1, 0.15) is 4.90 Å². The van der Waals surface area contributed by atoms with Gasteiger partial charge in [-0.2, -0.15) is 4.31 Å². The van der Waals surface area contributed by atoms with Crippen molar-refractivity contribution in [3.63, 3.8) is 0 Å². The third kappa shape index (κ3) is 4.64. The second kappa shape index (κ2) is 8.73. The van der Waals surface area contributed by atoms with Crippen molar-refractivity contribution in [3.05, 3.63) is 75.3 Å². The Kier molecular flexibility index (Phi) is 6.31. The number of hydrogen-bond acceptors (Lipinski definition) is 5. The minimum atomic E-state index is -3.74. The topological polar surface area (TPSA) is 101 Å². The zero-order valence-electron chi connectivity index (χ0n) is 15.3. The van der Waals surface area contributed by atoms with Gasteiger partial charge in [-0.25, -0.2) is 8.42 Å². The zero-order valence-corrected chi connectivity index (χ0v) is 16.8. The molecule has 29 heavy (non-hydrogen) atoms. The first kappa shape index (κ1) is 21.0. The van der Waals surface area contributed by atoms with Crippen molar-refractivity contribution in [1.29, 1.82) is 0 Å². The van der Waals surface area contributed by atoms with E-state index in [9.17, 15) is 23.3 Å². The second-order valence-corrected chi connectivity index (χ2v) is 8.62. The Morgan fingerprint density at radius 3 is 2.31 bits per heavy atom. The third-order valence-corrected chi connectivity index (χ3v) is 6.94. The van der Waals surface area contributed by atoms with Crippen LogP contribution in [-0.2, 0) is 14.8 Å². The van der Waals surface area contributed by atoms with Crippen LogP contribution in [0.3, 0.4) is 0 Å². The van der Waals surface area contributed by atoms with Crippen LogP contribution in [0.25, 0.3) is 6.08 Å². The molecule has 0 N–H and O–H groups in total. The fraction of sp³-hybridized carbons (Fsp3) is 0.211. The molecule has 0 bridgehead atoms. The molecule has 1 saturated heterocycles. The van der Waals surface area contributed by atoms with Crippen LogP contribution in [0.15, 0.2) is 59.5 Å². The van der Waals surface area contributed by atoms with Crippen LogP contribution in [0, 0.1) is 10.1 Å². The minimum Gasteiger partial charge on any atom is -0.337 e. The summed E-state index contributed by atoms with van der Waals surface area (Å²) in [5.41, 5.74) is 0.234. The molecule has 0 atom stereocenters. The number of sulfonamides is 1. The molecule has 0 saturated carbocycles. The highest BCUT2D eigenvalue weighted by molar-refractivity contribution is 7.89. The number of amides is 1. The van der Waals surface area contributed by atoms with Crippen LogP contribution in [-0.4, -0.2) is 54.6 Å². The summed E-state index contributed by atoms with van der Waals surface area (Å²) in [6, 6.07) is 12.3. The van der Waals surface area contributed by atoms with Crippen LogP contribution in [0.2, 0.25) is 5.02 Å². The lowest BCUT2D eigenvalue weighted by atomic mass is 10.1. The summed E-state index contributed by atoms with van der Waals surface area (Å²) in [4.78, 5) is 24.5. The van der Waals surface area contributed by atoms with E-state index < -0.39 is 14.9 Å². The Labute approximate surface area is 173 Å². The third-order valence-electron chi connectivity index (χ3n) is 4.54. The summed E-state index contributed by atoms with van der Waals surface area (Å²) in [6.07, 6.45) is 2.66. The summed E-state index contributed by atoms with van der Waals surface area (Å²) in [5, 5.41) is 11.2. The van der Waals surface area contributed by atoms with E-state index >= 15 is 0 Å². The lowest BCUT2D eigenvalue weighted by molar-refractivity contribution is -0.385. The highest BCUT2D eigenvalue weighted by atomic mass is 35.5. The van der Waals surface area contributed by atoms with Crippen LogP contribution in [0.1, 0.15) is 5.56 Å². The van der Waals surface area contributed by atoms with Gasteiger partial charge < -0.3 is 4.90 Å². The molecule has 10 heteroatoms. The average molecular weight is 436 g/mol. The lowest BCUT2D eigenvalue weighted by Crippen LogP contribution is -2.50. The summed E-state index contributed by atoms with van der Waals surface area (Å²) >= 11 is 6.01. The standard InChI is InChI=1S/C19H18ClN3O5S/c20-16-6-2-4-8-18(16)29(27,28)22-13-11-21(12-14-22)19(24)10-9-15-5-1-3-7-17(15)23(25)26/h1-10H,11-14H2/b10-9+. The van der Waals surface area contributed by atoms with Gasteiger partial charge in [0.05, 0.1) is 15.5 Å². The number of benzene rings is 2. The Balaban J connectivity index is 1.66. The monoisotopic (exact) mass is 435 g/mol. The van der Waals surface area contributed by atoms with Gasteiger partial charge in [-0.3, -0.25) is 14.9 Å². The Morgan fingerprint density at radius 1 is 1.03 bits per heavy atom. The predicted molar refractivity (Wildman–Crippen MR) is 109 cm³/mol. The van der Waals surface area contributed by atoms with Gasteiger partial charge in [0.2, 0.25) is 15.9 Å². The van der Waals surface area contributed by atoms with E-state index in [4.69, 9.17) is 11.6 Å². The molecule has 0 radical (unpaired) electrons. The van der Waals surface area contributed by atoms with Gasteiger partial charge in [0, 0.05) is 38.3 Å². The number of piperazine rings is 1. The molecule has 2 aromatic carbocycles. The molecule has 1 aliphatic heterocycles. The van der Waals surface area contributed by atoms with Crippen molar-refractivity contribution in [2.24, 2.45) is 0 Å². The van der Waals surface area contributed by atoms with Crippen LogP contribution in [0.4, 0.5) is 5.69 Å². The number of halogens is 1. The number of carbonyl (C=O) groups is 1. The maximum Gasteiger partial charge on any atom is 0.276 e. The lowest BCUT2D eigenvalue weighted by Gasteiger charge is -2.33. The fourth-order valence-corrected chi connectivity index (χ4v) is 4.92. The van der Waals surface area contributed by atoms with Crippen LogP contribution >= 0.6 is 11.6 Å². The molecule has 2 aromatic rings. The zero-order chi connectivity index (χ0) is 21.0. The summed E-state index contributed by atoms with van der Waals surface area (Å²) < 4.78 is 26.8. The van der Waals surface area contributed by atoms with Crippen molar-refractivity contribution >= 4 is 39.3 Å². The van der Waals surface area contributed by atoms with E-state index in [1.165, 1.54) is 39.6 Å². The smallest absolute Gasteiger partial charge is 0.276 e. The van der Waals surface area contributed by atoms with Crippen molar-refractivity contribution in [1.82, 2.24) is 9.21 Å². The van der Waals surface area contributed by atoms with Crippen molar-refractivity contribution < 1.29 is 18.1 Å². The fourth-order valence-electron chi connectivity index (χ4n) is 3.00. The van der Waals surface area contributed by atoms with E-state index in [0.717, 1.165) is 0 Å². The molecule has 152 valence electrons. The van der Waals surface area contributed by atoms with Gasteiger partial charge in [-0.1, -0.05) is 35.9 Å². The number of para-hydroxylation sites is 1. The highest BCUT2D eigenvalue weighted by Crippen LogP contribution is 2.25. The predicted octanol–water partition coefficient (Wildman–Crippen LogP) is 2.79. The SMILES string of the molecule is O=C(/C=C/c1ccccc1[N+](=O)[O-])N1CCN(S(=O)(=O)c2ccccc2Cl)CC1. The minimum absolute atomic E-state index is 0.0396. The first-order chi connectivity index (χ1) is 13.8. The van der Waals surface area contributed by atoms with E-state index in [1.54, 1.807) is 30.3 Å². The number of hydrogen-bond donors (Lipinski definition) is 0. The molecule has 1 fully saturated rings. The first-order valence-electron chi connectivity index (χ1n) is 8.76. The van der Waals surface area contributed by atoms with E-state index in [0.29, 0.717) is 5.56 Å². The largest absolute Gasteiger partial charge is 0.337 e. The van der Waals surface area contributed by atoms with Gasteiger partial charge in [0.25, 0.3) is 5.69 Å². The quantitative estimate of drug-likeness (QED) is 0.408. The first-order valence-corrected chi connectivity index (χ1v) is 10.6. The maximum absolute atomic E-state index is 12.8.